The summed E-state index contributed by atoms with van der Waals surface area (Å²) in [5.41, 5.74) is 4.65. The smallest absolute Gasteiger partial charge is 0.257 e. The summed E-state index contributed by atoms with van der Waals surface area (Å²) < 4.78 is 0. The van der Waals surface area contributed by atoms with Crippen LogP contribution in [0.5, 0.6) is 0 Å². The van der Waals surface area contributed by atoms with Crippen LogP contribution in [0.4, 0.5) is 5.95 Å². The van der Waals surface area contributed by atoms with Crippen LogP contribution in [0.1, 0.15) is 21.5 Å². The second-order valence-electron chi connectivity index (χ2n) is 4.86. The van der Waals surface area contributed by atoms with Gasteiger partial charge >= 0.3 is 0 Å². The van der Waals surface area contributed by atoms with E-state index in [0.717, 1.165) is 16.6 Å². The van der Waals surface area contributed by atoms with Crippen LogP contribution in [0, 0.1) is 13.8 Å². The molecule has 0 aliphatic heterocycles. The maximum Gasteiger partial charge on any atom is 0.257 e. The molecule has 0 saturated heterocycles. The number of aromatic amines is 1. The first-order valence-electron chi connectivity index (χ1n) is 6.47. The first-order valence-corrected chi connectivity index (χ1v) is 6.47. The average molecular weight is 265 g/mol. The molecule has 0 bridgehead atoms. The second kappa shape index (κ2) is 4.81. The first kappa shape index (κ1) is 12.4. The number of carbonyl (C=O) groups is 1. The second-order valence-corrected chi connectivity index (χ2v) is 4.86. The molecule has 4 heteroatoms. The highest BCUT2D eigenvalue weighted by molar-refractivity contribution is 6.04. The average Bonchev–Trinajstić information content (AvgIpc) is 2.83. The molecule has 3 rings (SSSR count). The van der Waals surface area contributed by atoms with Crippen molar-refractivity contribution in [2.24, 2.45) is 0 Å². The fourth-order valence-corrected chi connectivity index (χ4v) is 2.07. The van der Waals surface area contributed by atoms with Crippen LogP contribution in [0.15, 0.2) is 42.5 Å². The number of hydrogen-bond donors (Lipinski definition) is 2. The molecule has 3 aromatic rings. The largest absolute Gasteiger partial charge is 0.324 e. The lowest BCUT2D eigenvalue weighted by Gasteiger charge is -2.04. The van der Waals surface area contributed by atoms with Crippen molar-refractivity contribution in [3.05, 3.63) is 59.2 Å². The van der Waals surface area contributed by atoms with Crippen LogP contribution in [0.3, 0.4) is 0 Å². The van der Waals surface area contributed by atoms with Crippen molar-refractivity contribution in [1.82, 2.24) is 9.97 Å². The number of rotatable bonds is 2. The number of aromatic nitrogens is 2. The van der Waals surface area contributed by atoms with E-state index in [1.165, 1.54) is 5.56 Å². The zero-order chi connectivity index (χ0) is 14.1. The number of hydrogen-bond acceptors (Lipinski definition) is 2. The van der Waals surface area contributed by atoms with Gasteiger partial charge in [-0.25, -0.2) is 4.98 Å². The molecule has 0 aliphatic rings. The van der Waals surface area contributed by atoms with Gasteiger partial charge < -0.3 is 4.98 Å². The highest BCUT2D eigenvalue weighted by Crippen LogP contribution is 2.15. The quantitative estimate of drug-likeness (QED) is 0.745. The van der Waals surface area contributed by atoms with Gasteiger partial charge in [-0.3, -0.25) is 10.1 Å². The van der Waals surface area contributed by atoms with Gasteiger partial charge in [0.05, 0.1) is 11.0 Å². The summed E-state index contributed by atoms with van der Waals surface area (Å²) in [5.74, 6) is 0.307. The molecule has 1 heterocycles. The van der Waals surface area contributed by atoms with Crippen LogP contribution in [-0.4, -0.2) is 15.9 Å². The van der Waals surface area contributed by atoms with E-state index >= 15 is 0 Å². The lowest BCUT2D eigenvalue weighted by molar-refractivity contribution is 0.102. The van der Waals surface area contributed by atoms with E-state index in [1.807, 2.05) is 56.3 Å². The molecule has 0 saturated carbocycles. The normalized spacial score (nSPS) is 10.7. The fraction of sp³-hybridized carbons (Fsp3) is 0.125. The molecular weight excluding hydrogens is 250 g/mol. The van der Waals surface area contributed by atoms with Gasteiger partial charge in [0.1, 0.15) is 0 Å². The van der Waals surface area contributed by atoms with E-state index in [-0.39, 0.29) is 5.91 Å². The molecule has 1 aromatic heterocycles. The fourth-order valence-electron chi connectivity index (χ4n) is 2.07. The number of benzene rings is 2. The number of nitrogens with one attached hydrogen (secondary N) is 2. The van der Waals surface area contributed by atoms with E-state index in [0.29, 0.717) is 11.5 Å². The number of H-pyrrole nitrogens is 1. The summed E-state index contributed by atoms with van der Waals surface area (Å²) in [7, 11) is 0. The van der Waals surface area contributed by atoms with Crippen molar-refractivity contribution >= 4 is 22.9 Å². The molecule has 1 amide bonds. The first-order chi connectivity index (χ1) is 9.63. The number of aryl methyl sites for hydroxylation is 2. The third-order valence-electron chi connectivity index (χ3n) is 3.39. The van der Waals surface area contributed by atoms with E-state index in [9.17, 15) is 4.79 Å². The Morgan fingerprint density at radius 1 is 1.10 bits per heavy atom. The molecule has 0 radical (unpaired) electrons. The number of imidazole rings is 1. The number of amides is 1. The SMILES string of the molecule is Cc1ccc(C(=O)Nc2nc3ccccc3[nH]2)cc1C. The number of anilines is 1. The van der Waals surface area contributed by atoms with Gasteiger partial charge in [-0.15, -0.1) is 0 Å². The van der Waals surface area contributed by atoms with Gasteiger partial charge in [0.2, 0.25) is 5.95 Å². The van der Waals surface area contributed by atoms with E-state index < -0.39 is 0 Å². The number of para-hydroxylation sites is 2. The molecule has 4 nitrogen and oxygen atoms in total. The van der Waals surface area contributed by atoms with Crippen LogP contribution in [0.2, 0.25) is 0 Å². The zero-order valence-electron chi connectivity index (χ0n) is 11.4. The van der Waals surface area contributed by atoms with Gasteiger partial charge in [-0.05, 0) is 49.2 Å². The van der Waals surface area contributed by atoms with Crippen molar-refractivity contribution in [1.29, 1.82) is 0 Å². The monoisotopic (exact) mass is 265 g/mol. The summed E-state index contributed by atoms with van der Waals surface area (Å²) in [6, 6.07) is 13.3. The minimum Gasteiger partial charge on any atom is -0.324 e. The van der Waals surface area contributed by atoms with Crippen molar-refractivity contribution in [2.45, 2.75) is 13.8 Å². The highest BCUT2D eigenvalue weighted by atomic mass is 16.1. The summed E-state index contributed by atoms with van der Waals surface area (Å²) in [6.45, 7) is 4.02. The van der Waals surface area contributed by atoms with Crippen molar-refractivity contribution < 1.29 is 4.79 Å². The van der Waals surface area contributed by atoms with Crippen molar-refractivity contribution in [2.75, 3.05) is 5.32 Å². The molecule has 0 unspecified atom stereocenters. The third kappa shape index (κ3) is 2.28. The Morgan fingerprint density at radius 2 is 1.90 bits per heavy atom. The van der Waals surface area contributed by atoms with Gasteiger partial charge in [0.15, 0.2) is 0 Å². The van der Waals surface area contributed by atoms with E-state index in [1.54, 1.807) is 0 Å². The number of fused-ring (bicyclic) bond motifs is 1. The van der Waals surface area contributed by atoms with Gasteiger partial charge in [-0.1, -0.05) is 18.2 Å². The van der Waals surface area contributed by atoms with Crippen LogP contribution in [-0.2, 0) is 0 Å². The Balaban J connectivity index is 1.86. The predicted molar refractivity (Wildman–Crippen MR) is 80.0 cm³/mol. The Labute approximate surface area is 116 Å². The van der Waals surface area contributed by atoms with Gasteiger partial charge in [0.25, 0.3) is 5.91 Å². The zero-order valence-corrected chi connectivity index (χ0v) is 11.4. The van der Waals surface area contributed by atoms with Gasteiger partial charge in [-0.2, -0.15) is 0 Å². The molecule has 0 aliphatic carbocycles. The van der Waals surface area contributed by atoms with Gasteiger partial charge in [0, 0.05) is 5.56 Å². The molecule has 0 spiro atoms. The standard InChI is InChI=1S/C16H15N3O/c1-10-7-8-12(9-11(10)2)15(20)19-16-17-13-5-3-4-6-14(13)18-16/h3-9H,1-2H3,(H2,17,18,19,20). The molecular formula is C16H15N3O. The summed E-state index contributed by atoms with van der Waals surface area (Å²) in [5, 5.41) is 2.79. The Kier molecular flexibility index (Phi) is 2.99. The van der Waals surface area contributed by atoms with Crippen LogP contribution < -0.4 is 5.32 Å². The van der Waals surface area contributed by atoms with Crippen LogP contribution in [0.25, 0.3) is 11.0 Å². The summed E-state index contributed by atoms with van der Waals surface area (Å²) in [4.78, 5) is 19.6. The number of carbonyl (C=O) groups excluding carboxylic acids is 1. The Hall–Kier alpha value is -2.62. The maximum atomic E-state index is 12.2. The number of nitrogens with zero attached hydrogens (tertiary/aromatic N) is 1. The molecule has 0 atom stereocenters. The minimum atomic E-state index is -0.160. The predicted octanol–water partition coefficient (Wildman–Crippen LogP) is 3.43. The van der Waals surface area contributed by atoms with Crippen LogP contribution >= 0.6 is 0 Å². The maximum absolute atomic E-state index is 12.2. The van der Waals surface area contributed by atoms with Crippen molar-refractivity contribution in [3.63, 3.8) is 0 Å². The Bertz CT molecular complexity index is 756. The topological polar surface area (TPSA) is 57.8 Å². The summed E-state index contributed by atoms with van der Waals surface area (Å²) in [6.07, 6.45) is 0. The lowest BCUT2D eigenvalue weighted by Crippen LogP contribution is -2.13. The summed E-state index contributed by atoms with van der Waals surface area (Å²) >= 11 is 0. The van der Waals surface area contributed by atoms with E-state index in [4.69, 9.17) is 0 Å². The van der Waals surface area contributed by atoms with E-state index in [2.05, 4.69) is 15.3 Å². The molecule has 2 aromatic carbocycles. The van der Waals surface area contributed by atoms with Crippen molar-refractivity contribution in [3.8, 4) is 0 Å². The lowest BCUT2D eigenvalue weighted by atomic mass is 10.1. The molecule has 20 heavy (non-hydrogen) atoms. The molecule has 0 fully saturated rings. The minimum absolute atomic E-state index is 0.160. The Morgan fingerprint density at radius 3 is 2.65 bits per heavy atom. The molecule has 2 N–H and O–H groups in total. The third-order valence-corrected chi connectivity index (χ3v) is 3.39. The highest BCUT2D eigenvalue weighted by Gasteiger charge is 2.09. The molecule has 100 valence electrons.